The number of rotatable bonds is 1. The molecule has 1 unspecified atom stereocenters. The van der Waals surface area contributed by atoms with Crippen molar-refractivity contribution < 1.29 is 0 Å². The van der Waals surface area contributed by atoms with Crippen LogP contribution in [0, 0.1) is 0 Å². The van der Waals surface area contributed by atoms with Crippen molar-refractivity contribution in [3.8, 4) is 0 Å². The molecule has 0 spiro atoms. The van der Waals surface area contributed by atoms with Crippen molar-refractivity contribution in [1.29, 1.82) is 0 Å². The summed E-state index contributed by atoms with van der Waals surface area (Å²) in [5, 5.41) is 3.27. The minimum Gasteiger partial charge on any atom is -0.365 e. The fourth-order valence-corrected chi connectivity index (χ4v) is 2.20. The number of thiocarbonyl (C=S) groups is 1. The zero-order valence-corrected chi connectivity index (χ0v) is 7.36. The van der Waals surface area contributed by atoms with E-state index >= 15 is 0 Å². The lowest BCUT2D eigenvalue weighted by Crippen LogP contribution is -2.39. The molecule has 1 nitrogen and oxygen atoms in total. The van der Waals surface area contributed by atoms with Crippen LogP contribution in [0.1, 0.15) is 20.3 Å². The maximum atomic E-state index is 4.99. The molecule has 0 saturated carbocycles. The summed E-state index contributed by atoms with van der Waals surface area (Å²) in [5.41, 5.74) is 0.280. The van der Waals surface area contributed by atoms with Gasteiger partial charge in [-0.25, -0.2) is 0 Å². The Kier molecular flexibility index (Phi) is 2.01. The van der Waals surface area contributed by atoms with Crippen LogP contribution in [0.25, 0.3) is 0 Å². The van der Waals surface area contributed by atoms with E-state index in [4.69, 9.17) is 12.2 Å². The van der Waals surface area contributed by atoms with Gasteiger partial charge in [0.1, 0.15) is 4.32 Å². The number of hydrogen-bond acceptors (Lipinski definition) is 2. The Morgan fingerprint density at radius 3 is 2.78 bits per heavy atom. The van der Waals surface area contributed by atoms with Crippen molar-refractivity contribution in [2.45, 2.75) is 25.8 Å². The first kappa shape index (κ1) is 7.35. The van der Waals surface area contributed by atoms with Gasteiger partial charge in [0, 0.05) is 11.3 Å². The number of thioether (sulfide) groups is 1. The molecule has 9 heavy (non-hydrogen) atoms. The van der Waals surface area contributed by atoms with E-state index < -0.39 is 0 Å². The highest BCUT2D eigenvalue weighted by Crippen LogP contribution is 2.24. The summed E-state index contributed by atoms with van der Waals surface area (Å²) in [6.07, 6.45) is 1.15. The van der Waals surface area contributed by atoms with E-state index in [-0.39, 0.29) is 5.54 Å². The van der Waals surface area contributed by atoms with Crippen LogP contribution in [0.2, 0.25) is 0 Å². The van der Waals surface area contributed by atoms with E-state index in [1.807, 2.05) is 0 Å². The average molecular weight is 161 g/mol. The van der Waals surface area contributed by atoms with Gasteiger partial charge in [0.25, 0.3) is 0 Å². The van der Waals surface area contributed by atoms with Crippen LogP contribution in [0.3, 0.4) is 0 Å². The smallest absolute Gasteiger partial charge is 0.134 e. The van der Waals surface area contributed by atoms with Crippen LogP contribution in [-0.2, 0) is 0 Å². The molecule has 0 amide bonds. The Hall–Kier alpha value is 0.240. The van der Waals surface area contributed by atoms with Gasteiger partial charge in [-0.2, -0.15) is 0 Å². The third kappa shape index (κ3) is 1.58. The predicted octanol–water partition coefficient (Wildman–Crippen LogP) is 1.78. The van der Waals surface area contributed by atoms with E-state index in [9.17, 15) is 0 Å². The molecular weight excluding hydrogens is 150 g/mol. The second-order valence-corrected chi connectivity index (χ2v) is 4.27. The van der Waals surface area contributed by atoms with E-state index in [1.165, 1.54) is 0 Å². The average Bonchev–Trinajstić information content (AvgIpc) is 2.13. The van der Waals surface area contributed by atoms with Crippen molar-refractivity contribution in [2.24, 2.45) is 0 Å². The van der Waals surface area contributed by atoms with Crippen LogP contribution >= 0.6 is 24.0 Å². The maximum absolute atomic E-state index is 4.99. The SMILES string of the molecule is CCC1(C)CSC(=S)N1. The lowest BCUT2D eigenvalue weighted by atomic mass is 10.0. The molecule has 1 N–H and O–H groups in total. The second-order valence-electron chi connectivity index (χ2n) is 2.62. The molecule has 52 valence electrons. The minimum atomic E-state index is 0.280. The molecule has 0 aromatic rings. The van der Waals surface area contributed by atoms with Gasteiger partial charge < -0.3 is 5.32 Å². The van der Waals surface area contributed by atoms with Crippen LogP contribution in [-0.4, -0.2) is 15.6 Å². The van der Waals surface area contributed by atoms with E-state index in [1.54, 1.807) is 11.8 Å². The van der Waals surface area contributed by atoms with Gasteiger partial charge in [-0.1, -0.05) is 30.9 Å². The number of hydrogen-bond donors (Lipinski definition) is 1. The normalized spacial score (nSPS) is 34.7. The standard InChI is InChI=1S/C6H11NS2/c1-3-6(2)4-9-5(8)7-6/h3-4H2,1-2H3,(H,7,8). The highest BCUT2D eigenvalue weighted by Gasteiger charge is 2.29. The van der Waals surface area contributed by atoms with Gasteiger partial charge in [-0.15, -0.1) is 0 Å². The lowest BCUT2D eigenvalue weighted by Gasteiger charge is -2.20. The van der Waals surface area contributed by atoms with Crippen LogP contribution < -0.4 is 5.32 Å². The molecular formula is C6H11NS2. The summed E-state index contributed by atoms with van der Waals surface area (Å²) in [5.74, 6) is 1.13. The quantitative estimate of drug-likeness (QED) is 0.589. The zero-order chi connectivity index (χ0) is 6.91. The first-order valence-corrected chi connectivity index (χ1v) is 4.50. The van der Waals surface area contributed by atoms with Crippen molar-refractivity contribution >= 4 is 28.3 Å². The Labute approximate surface area is 65.6 Å². The second kappa shape index (κ2) is 2.46. The van der Waals surface area contributed by atoms with E-state index in [2.05, 4.69) is 19.2 Å². The molecule has 1 fully saturated rings. The third-order valence-electron chi connectivity index (χ3n) is 1.71. The first-order valence-electron chi connectivity index (χ1n) is 3.11. The molecule has 1 rings (SSSR count). The summed E-state index contributed by atoms with van der Waals surface area (Å²) >= 11 is 6.74. The topological polar surface area (TPSA) is 12.0 Å². The molecule has 1 aliphatic heterocycles. The Morgan fingerprint density at radius 1 is 1.89 bits per heavy atom. The first-order chi connectivity index (χ1) is 4.16. The van der Waals surface area contributed by atoms with Gasteiger partial charge in [0.2, 0.25) is 0 Å². The molecule has 0 aromatic heterocycles. The van der Waals surface area contributed by atoms with Crippen molar-refractivity contribution in [1.82, 2.24) is 5.32 Å². The molecule has 1 heterocycles. The van der Waals surface area contributed by atoms with Crippen LogP contribution in [0.15, 0.2) is 0 Å². The van der Waals surface area contributed by atoms with E-state index in [0.717, 1.165) is 16.5 Å². The van der Waals surface area contributed by atoms with Crippen LogP contribution in [0.4, 0.5) is 0 Å². The Balaban J connectivity index is 2.54. The van der Waals surface area contributed by atoms with E-state index in [0.29, 0.717) is 0 Å². The molecule has 1 atom stereocenters. The van der Waals surface area contributed by atoms with Crippen LogP contribution in [0.5, 0.6) is 0 Å². The summed E-state index contributed by atoms with van der Waals surface area (Å²) in [4.78, 5) is 0. The Morgan fingerprint density at radius 2 is 2.56 bits per heavy atom. The molecule has 0 aliphatic carbocycles. The summed E-state index contributed by atoms with van der Waals surface area (Å²) < 4.78 is 0.958. The lowest BCUT2D eigenvalue weighted by molar-refractivity contribution is 0.469. The predicted molar refractivity (Wildman–Crippen MR) is 46.9 cm³/mol. The molecule has 0 aromatic carbocycles. The molecule has 1 aliphatic rings. The third-order valence-corrected chi connectivity index (χ3v) is 3.31. The molecule has 1 saturated heterocycles. The zero-order valence-electron chi connectivity index (χ0n) is 5.73. The fraction of sp³-hybridized carbons (Fsp3) is 0.833. The van der Waals surface area contributed by atoms with Gasteiger partial charge in [0.15, 0.2) is 0 Å². The summed E-state index contributed by atoms with van der Waals surface area (Å²) in [6.45, 7) is 4.39. The maximum Gasteiger partial charge on any atom is 0.134 e. The van der Waals surface area contributed by atoms with Crippen molar-refractivity contribution in [3.63, 3.8) is 0 Å². The highest BCUT2D eigenvalue weighted by atomic mass is 32.2. The largest absolute Gasteiger partial charge is 0.365 e. The molecule has 0 radical (unpaired) electrons. The minimum absolute atomic E-state index is 0.280. The Bertz CT molecular complexity index is 135. The van der Waals surface area contributed by atoms with Gasteiger partial charge in [0.05, 0.1) is 0 Å². The monoisotopic (exact) mass is 161 g/mol. The summed E-state index contributed by atoms with van der Waals surface area (Å²) in [7, 11) is 0. The highest BCUT2D eigenvalue weighted by molar-refractivity contribution is 8.23. The van der Waals surface area contributed by atoms with Crippen molar-refractivity contribution in [2.75, 3.05) is 5.75 Å². The molecule has 3 heteroatoms. The summed E-state index contributed by atoms with van der Waals surface area (Å²) in [6, 6.07) is 0. The van der Waals surface area contributed by atoms with Gasteiger partial charge in [-0.3, -0.25) is 0 Å². The fourth-order valence-electron chi connectivity index (χ4n) is 0.734. The van der Waals surface area contributed by atoms with Gasteiger partial charge in [-0.05, 0) is 13.3 Å². The molecule has 0 bridgehead atoms. The van der Waals surface area contributed by atoms with Crippen molar-refractivity contribution in [3.05, 3.63) is 0 Å². The number of nitrogens with one attached hydrogen (secondary N) is 1. The van der Waals surface area contributed by atoms with Gasteiger partial charge >= 0.3 is 0 Å².